The fraction of sp³-hybridized carbons (Fsp3) is 0. The van der Waals surface area contributed by atoms with E-state index in [1.165, 1.54) is 0 Å². The maximum atomic E-state index is 11.6. The van der Waals surface area contributed by atoms with Crippen molar-refractivity contribution in [3.05, 3.63) is 45.3 Å². The highest BCUT2D eigenvalue weighted by atomic mass is 79.9. The van der Waals surface area contributed by atoms with E-state index in [1.54, 1.807) is 6.20 Å². The van der Waals surface area contributed by atoms with Gasteiger partial charge in [-0.15, -0.1) is 0 Å². The molecule has 0 saturated heterocycles. The minimum absolute atomic E-state index is 0.0789. The average molecular weight is 263 g/mol. The lowest BCUT2D eigenvalue weighted by atomic mass is 10.1. The summed E-state index contributed by atoms with van der Waals surface area (Å²) in [4.78, 5) is 17.4. The molecule has 3 aromatic rings. The minimum atomic E-state index is -0.0789. The van der Waals surface area contributed by atoms with Gasteiger partial charge in [-0.3, -0.25) is 4.79 Å². The summed E-state index contributed by atoms with van der Waals surface area (Å²) in [5.41, 5.74) is 1.40. The van der Waals surface area contributed by atoms with Crippen molar-refractivity contribution in [2.24, 2.45) is 0 Å². The van der Waals surface area contributed by atoms with Crippen LogP contribution in [0.3, 0.4) is 0 Å². The van der Waals surface area contributed by atoms with Gasteiger partial charge in [0.25, 0.3) is 5.56 Å². The van der Waals surface area contributed by atoms with E-state index in [4.69, 9.17) is 0 Å². The van der Waals surface area contributed by atoms with E-state index in [9.17, 15) is 4.79 Å². The highest BCUT2D eigenvalue weighted by Gasteiger charge is 2.05. The summed E-state index contributed by atoms with van der Waals surface area (Å²) in [6, 6.07) is 7.73. The molecular weight excluding hydrogens is 256 g/mol. The fourth-order valence-electron chi connectivity index (χ4n) is 1.81. The van der Waals surface area contributed by atoms with Gasteiger partial charge in [-0.05, 0) is 24.3 Å². The van der Waals surface area contributed by atoms with Crippen LogP contribution in [0.1, 0.15) is 0 Å². The number of fused-ring (bicyclic) bond motifs is 3. The number of hydrogen-bond acceptors (Lipinski definition) is 1. The Labute approximate surface area is 93.3 Å². The van der Waals surface area contributed by atoms with Crippen LogP contribution in [0.2, 0.25) is 0 Å². The van der Waals surface area contributed by atoms with Gasteiger partial charge in [0.05, 0.1) is 0 Å². The second-order valence-corrected chi connectivity index (χ2v) is 4.33. The molecule has 0 amide bonds. The lowest BCUT2D eigenvalue weighted by Crippen LogP contribution is -2.05. The number of aromatic nitrogens is 2. The van der Waals surface area contributed by atoms with Crippen molar-refractivity contribution in [1.82, 2.24) is 9.97 Å². The molecule has 0 atom stereocenters. The zero-order valence-corrected chi connectivity index (χ0v) is 9.26. The van der Waals surface area contributed by atoms with Gasteiger partial charge >= 0.3 is 0 Å². The summed E-state index contributed by atoms with van der Waals surface area (Å²) < 4.78 is 1.00. The minimum Gasteiger partial charge on any atom is -0.357 e. The molecular formula is C11H7BrN2O. The standard InChI is InChI=1S/C11H7BrN2O/c12-6-1-2-9-8(5-6)7-3-4-13-10(7)11(15)14-9/h1-5,13H,(H,14,15). The first kappa shape index (κ1) is 8.73. The van der Waals surface area contributed by atoms with Crippen molar-refractivity contribution in [2.75, 3.05) is 0 Å². The number of pyridine rings is 1. The SMILES string of the molecule is O=c1[nH]c2ccc(Br)cc2c2cc[nH]c12. The van der Waals surface area contributed by atoms with Crippen molar-refractivity contribution in [1.29, 1.82) is 0 Å². The van der Waals surface area contributed by atoms with Crippen molar-refractivity contribution in [3.63, 3.8) is 0 Å². The molecule has 0 fully saturated rings. The summed E-state index contributed by atoms with van der Waals surface area (Å²) in [7, 11) is 0. The zero-order chi connectivity index (χ0) is 10.4. The summed E-state index contributed by atoms with van der Waals surface area (Å²) >= 11 is 3.42. The molecule has 0 radical (unpaired) electrons. The lowest BCUT2D eigenvalue weighted by molar-refractivity contribution is 1.31. The number of rotatable bonds is 0. The Morgan fingerprint density at radius 3 is 2.87 bits per heavy atom. The molecule has 0 aliphatic rings. The Morgan fingerprint density at radius 1 is 1.13 bits per heavy atom. The van der Waals surface area contributed by atoms with Crippen molar-refractivity contribution < 1.29 is 0 Å². The van der Waals surface area contributed by atoms with Crippen LogP contribution in [-0.4, -0.2) is 9.97 Å². The highest BCUT2D eigenvalue weighted by molar-refractivity contribution is 9.10. The number of benzene rings is 1. The van der Waals surface area contributed by atoms with Crippen LogP contribution in [0, 0.1) is 0 Å². The zero-order valence-electron chi connectivity index (χ0n) is 7.67. The monoisotopic (exact) mass is 262 g/mol. The normalized spacial score (nSPS) is 11.3. The molecule has 0 aliphatic carbocycles. The Balaban J connectivity index is 2.67. The largest absolute Gasteiger partial charge is 0.357 e. The van der Waals surface area contributed by atoms with E-state index in [2.05, 4.69) is 25.9 Å². The van der Waals surface area contributed by atoms with Crippen LogP contribution in [0.4, 0.5) is 0 Å². The molecule has 0 aliphatic heterocycles. The maximum Gasteiger partial charge on any atom is 0.272 e. The van der Waals surface area contributed by atoms with E-state index in [1.807, 2.05) is 24.3 Å². The average Bonchev–Trinajstić information content (AvgIpc) is 2.69. The number of aromatic amines is 2. The third-order valence-electron chi connectivity index (χ3n) is 2.49. The Morgan fingerprint density at radius 2 is 2.00 bits per heavy atom. The Bertz CT molecular complexity index is 711. The first-order valence-electron chi connectivity index (χ1n) is 4.54. The van der Waals surface area contributed by atoms with Gasteiger partial charge in [-0.2, -0.15) is 0 Å². The van der Waals surface area contributed by atoms with Crippen LogP contribution < -0.4 is 5.56 Å². The first-order chi connectivity index (χ1) is 7.25. The van der Waals surface area contributed by atoms with Crippen LogP contribution in [0.25, 0.3) is 21.8 Å². The highest BCUT2D eigenvalue weighted by Crippen LogP contribution is 2.23. The molecule has 1 aromatic carbocycles. The van der Waals surface area contributed by atoms with Crippen LogP contribution in [-0.2, 0) is 0 Å². The molecule has 2 heterocycles. The van der Waals surface area contributed by atoms with Crippen molar-refractivity contribution in [3.8, 4) is 0 Å². The quantitative estimate of drug-likeness (QED) is 0.643. The third kappa shape index (κ3) is 1.22. The van der Waals surface area contributed by atoms with E-state index < -0.39 is 0 Å². The van der Waals surface area contributed by atoms with Gasteiger partial charge in [0.2, 0.25) is 0 Å². The number of H-pyrrole nitrogens is 2. The molecule has 0 bridgehead atoms. The van der Waals surface area contributed by atoms with Gasteiger partial charge in [0.1, 0.15) is 5.52 Å². The third-order valence-corrected chi connectivity index (χ3v) is 2.99. The summed E-state index contributed by atoms with van der Waals surface area (Å²) in [6.45, 7) is 0. The van der Waals surface area contributed by atoms with Crippen LogP contribution in [0.5, 0.6) is 0 Å². The number of hydrogen-bond donors (Lipinski definition) is 2. The predicted molar refractivity (Wildman–Crippen MR) is 64.1 cm³/mol. The molecule has 0 spiro atoms. The van der Waals surface area contributed by atoms with Crippen molar-refractivity contribution in [2.45, 2.75) is 0 Å². The van der Waals surface area contributed by atoms with Gasteiger partial charge < -0.3 is 9.97 Å². The molecule has 0 unspecified atom stereocenters. The molecule has 0 saturated carbocycles. The molecule has 2 aromatic heterocycles. The molecule has 3 nitrogen and oxygen atoms in total. The van der Waals surface area contributed by atoms with E-state index in [0.29, 0.717) is 5.52 Å². The second-order valence-electron chi connectivity index (χ2n) is 3.41. The topological polar surface area (TPSA) is 48.6 Å². The van der Waals surface area contributed by atoms with Crippen LogP contribution in [0.15, 0.2) is 39.7 Å². The fourth-order valence-corrected chi connectivity index (χ4v) is 2.18. The summed E-state index contributed by atoms with van der Waals surface area (Å²) in [5.74, 6) is 0. The molecule has 3 rings (SSSR count). The molecule has 4 heteroatoms. The van der Waals surface area contributed by atoms with Gasteiger partial charge in [-0.1, -0.05) is 15.9 Å². The van der Waals surface area contributed by atoms with Crippen LogP contribution >= 0.6 is 15.9 Å². The first-order valence-corrected chi connectivity index (χ1v) is 5.33. The second kappa shape index (κ2) is 2.97. The maximum absolute atomic E-state index is 11.6. The molecule has 2 N–H and O–H groups in total. The Kier molecular flexibility index (Phi) is 1.73. The van der Waals surface area contributed by atoms with E-state index in [-0.39, 0.29) is 5.56 Å². The van der Waals surface area contributed by atoms with Crippen molar-refractivity contribution >= 4 is 37.7 Å². The molecule has 15 heavy (non-hydrogen) atoms. The molecule has 74 valence electrons. The smallest absolute Gasteiger partial charge is 0.272 e. The van der Waals surface area contributed by atoms with Gasteiger partial charge in [0, 0.05) is 27.0 Å². The summed E-state index contributed by atoms with van der Waals surface area (Å²) in [6.07, 6.45) is 1.78. The van der Waals surface area contributed by atoms with E-state index >= 15 is 0 Å². The predicted octanol–water partition coefficient (Wildman–Crippen LogP) is 2.77. The number of nitrogens with one attached hydrogen (secondary N) is 2. The number of halogens is 1. The Hall–Kier alpha value is -1.55. The lowest BCUT2D eigenvalue weighted by Gasteiger charge is -2.00. The van der Waals surface area contributed by atoms with Gasteiger partial charge in [0.15, 0.2) is 0 Å². The van der Waals surface area contributed by atoms with Gasteiger partial charge in [-0.25, -0.2) is 0 Å². The van der Waals surface area contributed by atoms with E-state index in [0.717, 1.165) is 20.8 Å². The summed E-state index contributed by atoms with van der Waals surface area (Å²) in [5, 5.41) is 2.00.